The van der Waals surface area contributed by atoms with E-state index in [1.807, 2.05) is 35.8 Å². The minimum atomic E-state index is -0.826. The monoisotopic (exact) mass is 482 g/mol. The van der Waals surface area contributed by atoms with Gasteiger partial charge in [0, 0.05) is 17.1 Å². The van der Waals surface area contributed by atoms with Crippen LogP contribution >= 0.6 is 27.7 Å². The van der Waals surface area contributed by atoms with E-state index in [-0.39, 0.29) is 18.0 Å². The van der Waals surface area contributed by atoms with Gasteiger partial charge in [-0.3, -0.25) is 4.79 Å². The summed E-state index contributed by atoms with van der Waals surface area (Å²) in [6.45, 7) is 2.77. The standard InChI is InChI=1S/C19H17BrF2N4O2S/c1-2-26-17(10-28-14-6-3-12(20)4-7-14)24-25-19(26)29-11-18(27)23-16-8-5-13(21)9-15(16)22/h3-9H,2,10-11H2,1H3,(H,23,27). The van der Waals surface area contributed by atoms with Crippen molar-refractivity contribution >= 4 is 39.3 Å². The van der Waals surface area contributed by atoms with Gasteiger partial charge in [0.05, 0.1) is 11.4 Å². The number of nitrogens with zero attached hydrogens (tertiary/aromatic N) is 3. The largest absolute Gasteiger partial charge is 0.486 e. The summed E-state index contributed by atoms with van der Waals surface area (Å²) in [6, 6.07) is 10.4. The molecule has 0 aliphatic heterocycles. The van der Waals surface area contributed by atoms with Gasteiger partial charge in [-0.25, -0.2) is 8.78 Å². The zero-order chi connectivity index (χ0) is 20.8. The Labute approximate surface area is 178 Å². The number of ether oxygens (including phenoxy) is 1. The molecule has 1 heterocycles. The molecule has 1 aromatic heterocycles. The third-order valence-electron chi connectivity index (χ3n) is 3.83. The molecule has 2 aromatic carbocycles. The van der Waals surface area contributed by atoms with Crippen LogP contribution in [0.25, 0.3) is 0 Å². The number of thioether (sulfide) groups is 1. The lowest BCUT2D eigenvalue weighted by molar-refractivity contribution is -0.113. The highest BCUT2D eigenvalue weighted by Gasteiger charge is 2.15. The molecule has 0 saturated heterocycles. The molecule has 152 valence electrons. The van der Waals surface area contributed by atoms with E-state index in [9.17, 15) is 13.6 Å². The van der Waals surface area contributed by atoms with Crippen molar-refractivity contribution in [1.29, 1.82) is 0 Å². The molecule has 6 nitrogen and oxygen atoms in total. The van der Waals surface area contributed by atoms with Crippen LogP contribution in [0.1, 0.15) is 12.7 Å². The minimum Gasteiger partial charge on any atom is -0.486 e. The third-order valence-corrected chi connectivity index (χ3v) is 5.32. The van der Waals surface area contributed by atoms with E-state index in [4.69, 9.17) is 4.74 Å². The number of hydrogen-bond acceptors (Lipinski definition) is 5. The van der Waals surface area contributed by atoms with Crippen molar-refractivity contribution in [1.82, 2.24) is 14.8 Å². The molecule has 0 bridgehead atoms. The van der Waals surface area contributed by atoms with Gasteiger partial charge in [0.1, 0.15) is 24.0 Å². The third kappa shape index (κ3) is 5.77. The van der Waals surface area contributed by atoms with Crippen molar-refractivity contribution in [2.45, 2.75) is 25.2 Å². The van der Waals surface area contributed by atoms with Crippen molar-refractivity contribution in [3.8, 4) is 5.75 Å². The Kier molecular flexibility index (Phi) is 7.21. The molecule has 0 radical (unpaired) electrons. The van der Waals surface area contributed by atoms with Gasteiger partial charge in [0.2, 0.25) is 5.91 Å². The zero-order valence-electron chi connectivity index (χ0n) is 15.4. The fraction of sp³-hybridized carbons (Fsp3) is 0.211. The predicted octanol–water partition coefficient (Wildman–Crippen LogP) is 4.65. The van der Waals surface area contributed by atoms with Crippen LogP contribution < -0.4 is 10.1 Å². The van der Waals surface area contributed by atoms with Crippen molar-refractivity contribution in [3.05, 3.63) is 64.4 Å². The van der Waals surface area contributed by atoms with Crippen molar-refractivity contribution in [2.24, 2.45) is 0 Å². The fourth-order valence-electron chi connectivity index (χ4n) is 2.44. The van der Waals surface area contributed by atoms with Crippen LogP contribution in [0.5, 0.6) is 5.75 Å². The minimum absolute atomic E-state index is 0.00250. The van der Waals surface area contributed by atoms with Gasteiger partial charge >= 0.3 is 0 Å². The summed E-state index contributed by atoms with van der Waals surface area (Å²) >= 11 is 4.54. The Morgan fingerprint density at radius 3 is 2.66 bits per heavy atom. The molecule has 0 saturated carbocycles. The number of rotatable bonds is 8. The van der Waals surface area contributed by atoms with Crippen LogP contribution in [0, 0.1) is 11.6 Å². The van der Waals surface area contributed by atoms with E-state index in [1.54, 1.807) is 0 Å². The summed E-state index contributed by atoms with van der Waals surface area (Å²) in [5, 5.41) is 11.2. The molecule has 0 unspecified atom stereocenters. The highest BCUT2D eigenvalue weighted by atomic mass is 79.9. The number of aromatic nitrogens is 3. The van der Waals surface area contributed by atoms with Gasteiger partial charge in [0.15, 0.2) is 11.0 Å². The molecule has 0 aliphatic rings. The quantitative estimate of drug-likeness (QED) is 0.473. The number of carbonyl (C=O) groups is 1. The maximum atomic E-state index is 13.6. The van der Waals surface area contributed by atoms with E-state index in [0.29, 0.717) is 29.3 Å². The lowest BCUT2D eigenvalue weighted by Gasteiger charge is -2.09. The molecule has 1 N–H and O–H groups in total. The van der Waals surface area contributed by atoms with Crippen LogP contribution in [-0.4, -0.2) is 26.4 Å². The van der Waals surface area contributed by atoms with Crippen molar-refractivity contribution in [2.75, 3.05) is 11.1 Å². The van der Waals surface area contributed by atoms with E-state index < -0.39 is 17.5 Å². The first-order chi connectivity index (χ1) is 14.0. The number of anilines is 1. The summed E-state index contributed by atoms with van der Waals surface area (Å²) in [4.78, 5) is 12.1. The Hall–Kier alpha value is -2.46. The van der Waals surface area contributed by atoms with E-state index >= 15 is 0 Å². The first-order valence-corrected chi connectivity index (χ1v) is 10.4. The summed E-state index contributed by atoms with van der Waals surface area (Å²) in [6.07, 6.45) is 0. The van der Waals surface area contributed by atoms with Crippen LogP contribution in [-0.2, 0) is 17.9 Å². The van der Waals surface area contributed by atoms with Crippen LogP contribution in [0.2, 0.25) is 0 Å². The highest BCUT2D eigenvalue weighted by Crippen LogP contribution is 2.21. The van der Waals surface area contributed by atoms with Gasteiger partial charge in [-0.15, -0.1) is 10.2 Å². The molecule has 1 amide bonds. The first kappa shape index (κ1) is 21.3. The molecule has 3 aromatic rings. The lowest BCUT2D eigenvalue weighted by atomic mass is 10.3. The number of hydrogen-bond donors (Lipinski definition) is 1. The first-order valence-electron chi connectivity index (χ1n) is 8.64. The smallest absolute Gasteiger partial charge is 0.234 e. The molecular formula is C19H17BrF2N4O2S. The summed E-state index contributed by atoms with van der Waals surface area (Å²) in [7, 11) is 0. The predicted molar refractivity (Wildman–Crippen MR) is 110 cm³/mol. The fourth-order valence-corrected chi connectivity index (χ4v) is 3.52. The number of amides is 1. The van der Waals surface area contributed by atoms with Gasteiger partial charge in [-0.05, 0) is 43.3 Å². The molecular weight excluding hydrogens is 466 g/mol. The number of nitrogens with one attached hydrogen (secondary N) is 1. The van der Waals surface area contributed by atoms with Gasteiger partial charge in [-0.1, -0.05) is 27.7 Å². The second-order valence-corrected chi connectivity index (χ2v) is 7.70. The second-order valence-electron chi connectivity index (χ2n) is 5.85. The van der Waals surface area contributed by atoms with E-state index in [2.05, 4.69) is 31.4 Å². The summed E-state index contributed by atoms with van der Waals surface area (Å²) in [5.41, 5.74) is -0.0717. The Balaban J connectivity index is 1.58. The molecule has 0 fully saturated rings. The van der Waals surface area contributed by atoms with Crippen LogP contribution in [0.15, 0.2) is 52.1 Å². The van der Waals surface area contributed by atoms with E-state index in [1.165, 1.54) is 17.8 Å². The van der Waals surface area contributed by atoms with Gasteiger partial charge in [-0.2, -0.15) is 0 Å². The average molecular weight is 483 g/mol. The van der Waals surface area contributed by atoms with E-state index in [0.717, 1.165) is 10.5 Å². The number of halogens is 3. The molecule has 29 heavy (non-hydrogen) atoms. The summed E-state index contributed by atoms with van der Waals surface area (Å²) in [5.74, 6) is -0.630. The Bertz CT molecular complexity index is 998. The maximum absolute atomic E-state index is 13.6. The molecule has 0 aliphatic carbocycles. The Morgan fingerprint density at radius 2 is 1.97 bits per heavy atom. The Morgan fingerprint density at radius 1 is 1.21 bits per heavy atom. The van der Waals surface area contributed by atoms with Crippen molar-refractivity contribution < 1.29 is 18.3 Å². The summed E-state index contributed by atoms with van der Waals surface area (Å²) < 4.78 is 35.1. The van der Waals surface area contributed by atoms with Crippen LogP contribution in [0.3, 0.4) is 0 Å². The average Bonchev–Trinajstić information content (AvgIpc) is 3.10. The van der Waals surface area contributed by atoms with Gasteiger partial charge < -0.3 is 14.6 Å². The molecule has 3 rings (SSSR count). The normalized spacial score (nSPS) is 10.8. The van der Waals surface area contributed by atoms with Crippen molar-refractivity contribution in [3.63, 3.8) is 0 Å². The second kappa shape index (κ2) is 9.84. The maximum Gasteiger partial charge on any atom is 0.234 e. The molecule has 0 spiro atoms. The molecule has 10 heteroatoms. The molecule has 0 atom stereocenters. The van der Waals surface area contributed by atoms with Gasteiger partial charge in [0.25, 0.3) is 0 Å². The SMILES string of the molecule is CCn1c(COc2ccc(Br)cc2)nnc1SCC(=O)Nc1ccc(F)cc1F. The highest BCUT2D eigenvalue weighted by molar-refractivity contribution is 9.10. The number of benzene rings is 2. The number of carbonyl (C=O) groups excluding carboxylic acids is 1. The zero-order valence-corrected chi connectivity index (χ0v) is 17.8. The lowest BCUT2D eigenvalue weighted by Crippen LogP contribution is -2.16. The topological polar surface area (TPSA) is 69.0 Å². The van der Waals surface area contributed by atoms with Crippen LogP contribution in [0.4, 0.5) is 14.5 Å².